The number of amides is 1. The molecule has 1 unspecified atom stereocenters. The van der Waals surface area contributed by atoms with Gasteiger partial charge in [-0.3, -0.25) is 4.79 Å². The lowest BCUT2D eigenvalue weighted by molar-refractivity contribution is -0.124. The number of para-hydroxylation sites is 1. The SMILES string of the molecule is COCCNCc1cccc2c1OCCC(C(N)=O)O2. The second-order valence-electron chi connectivity index (χ2n) is 4.56. The molecule has 0 fully saturated rings. The standard InChI is InChI=1S/C14H20N2O4/c1-18-8-6-16-9-10-3-2-4-11-13(10)19-7-5-12(20-11)14(15)17/h2-4,12,16H,5-9H2,1H3,(H2,15,17). The van der Waals surface area contributed by atoms with E-state index < -0.39 is 12.0 Å². The molecule has 0 bridgehead atoms. The van der Waals surface area contributed by atoms with Crippen molar-refractivity contribution in [2.75, 3.05) is 26.9 Å². The summed E-state index contributed by atoms with van der Waals surface area (Å²) in [5.41, 5.74) is 6.29. The largest absolute Gasteiger partial charge is 0.489 e. The fourth-order valence-electron chi connectivity index (χ4n) is 2.03. The van der Waals surface area contributed by atoms with Gasteiger partial charge in [-0.1, -0.05) is 12.1 Å². The lowest BCUT2D eigenvalue weighted by Crippen LogP contribution is -2.33. The number of hydrogen-bond acceptors (Lipinski definition) is 5. The third-order valence-corrected chi connectivity index (χ3v) is 3.07. The second-order valence-corrected chi connectivity index (χ2v) is 4.56. The third kappa shape index (κ3) is 3.61. The van der Waals surface area contributed by atoms with Gasteiger partial charge in [0, 0.05) is 32.2 Å². The Morgan fingerprint density at radius 3 is 3.15 bits per heavy atom. The molecule has 0 aromatic heterocycles. The summed E-state index contributed by atoms with van der Waals surface area (Å²) in [4.78, 5) is 11.3. The lowest BCUT2D eigenvalue weighted by Gasteiger charge is -2.14. The zero-order valence-corrected chi connectivity index (χ0v) is 11.6. The number of carbonyl (C=O) groups excluding carboxylic acids is 1. The molecule has 1 aromatic rings. The van der Waals surface area contributed by atoms with Crippen molar-refractivity contribution in [2.45, 2.75) is 19.1 Å². The van der Waals surface area contributed by atoms with Gasteiger partial charge in [-0.15, -0.1) is 0 Å². The van der Waals surface area contributed by atoms with Gasteiger partial charge in [0.1, 0.15) is 0 Å². The average molecular weight is 280 g/mol. The maximum Gasteiger partial charge on any atom is 0.258 e. The van der Waals surface area contributed by atoms with E-state index in [9.17, 15) is 4.79 Å². The molecule has 0 saturated heterocycles. The molecule has 1 amide bonds. The molecule has 0 radical (unpaired) electrons. The first-order chi connectivity index (χ1) is 9.72. The van der Waals surface area contributed by atoms with Gasteiger partial charge in [-0.05, 0) is 6.07 Å². The molecule has 0 spiro atoms. The molecule has 3 N–H and O–H groups in total. The summed E-state index contributed by atoms with van der Waals surface area (Å²) in [5.74, 6) is 0.781. The van der Waals surface area contributed by atoms with Crippen molar-refractivity contribution < 1.29 is 19.0 Å². The van der Waals surface area contributed by atoms with Crippen LogP contribution in [0.15, 0.2) is 18.2 Å². The minimum atomic E-state index is -0.632. The summed E-state index contributed by atoms with van der Waals surface area (Å²) < 4.78 is 16.3. The van der Waals surface area contributed by atoms with Crippen molar-refractivity contribution in [3.05, 3.63) is 23.8 Å². The maximum absolute atomic E-state index is 11.3. The molecule has 1 aliphatic rings. The average Bonchev–Trinajstić information content (AvgIpc) is 2.66. The number of hydrogen-bond donors (Lipinski definition) is 2. The fourth-order valence-corrected chi connectivity index (χ4v) is 2.03. The molecule has 1 heterocycles. The van der Waals surface area contributed by atoms with Crippen molar-refractivity contribution in [2.24, 2.45) is 5.73 Å². The van der Waals surface area contributed by atoms with Gasteiger partial charge in [0.15, 0.2) is 17.6 Å². The number of fused-ring (bicyclic) bond motifs is 1. The minimum absolute atomic E-state index is 0.412. The summed E-state index contributed by atoms with van der Waals surface area (Å²) in [6.07, 6.45) is -0.173. The van der Waals surface area contributed by atoms with E-state index in [1.54, 1.807) is 13.2 Å². The smallest absolute Gasteiger partial charge is 0.258 e. The number of methoxy groups -OCH3 is 1. The predicted molar refractivity (Wildman–Crippen MR) is 73.7 cm³/mol. The highest BCUT2D eigenvalue weighted by molar-refractivity contribution is 5.79. The molecular formula is C14H20N2O4. The molecule has 6 nitrogen and oxygen atoms in total. The van der Waals surface area contributed by atoms with Gasteiger partial charge in [0.2, 0.25) is 0 Å². The van der Waals surface area contributed by atoms with Crippen LogP contribution < -0.4 is 20.5 Å². The normalized spacial score (nSPS) is 17.6. The Morgan fingerprint density at radius 1 is 1.55 bits per heavy atom. The van der Waals surface area contributed by atoms with Crippen molar-refractivity contribution in [1.82, 2.24) is 5.32 Å². The van der Waals surface area contributed by atoms with Crippen LogP contribution in [-0.2, 0) is 16.1 Å². The maximum atomic E-state index is 11.3. The highest BCUT2D eigenvalue weighted by atomic mass is 16.5. The second kappa shape index (κ2) is 7.12. The molecule has 110 valence electrons. The Morgan fingerprint density at radius 2 is 2.40 bits per heavy atom. The fraction of sp³-hybridized carbons (Fsp3) is 0.500. The summed E-state index contributed by atoms with van der Waals surface area (Å²) in [7, 11) is 1.66. The first kappa shape index (κ1) is 14.6. The Hall–Kier alpha value is -1.79. The summed E-state index contributed by atoms with van der Waals surface area (Å²) in [5, 5.41) is 3.25. The van der Waals surface area contributed by atoms with E-state index in [0.717, 1.165) is 12.1 Å². The number of nitrogens with two attached hydrogens (primary N) is 1. The molecule has 1 aromatic carbocycles. The first-order valence-corrected chi connectivity index (χ1v) is 6.62. The number of carbonyl (C=O) groups is 1. The van der Waals surface area contributed by atoms with E-state index in [1.807, 2.05) is 12.1 Å². The van der Waals surface area contributed by atoms with Crippen LogP contribution in [0.2, 0.25) is 0 Å². The number of benzene rings is 1. The van der Waals surface area contributed by atoms with Gasteiger partial charge in [-0.25, -0.2) is 0 Å². The van der Waals surface area contributed by atoms with Crippen molar-refractivity contribution in [3.63, 3.8) is 0 Å². The molecule has 2 rings (SSSR count). The molecule has 6 heteroatoms. The molecule has 1 aliphatic heterocycles. The van der Waals surface area contributed by atoms with Crippen LogP contribution in [0.25, 0.3) is 0 Å². The number of rotatable bonds is 6. The van der Waals surface area contributed by atoms with Crippen LogP contribution in [0.4, 0.5) is 0 Å². The Kier molecular flexibility index (Phi) is 5.20. The Labute approximate surface area is 118 Å². The zero-order valence-electron chi connectivity index (χ0n) is 11.6. The molecular weight excluding hydrogens is 260 g/mol. The summed E-state index contributed by atoms with van der Waals surface area (Å²) >= 11 is 0. The summed E-state index contributed by atoms with van der Waals surface area (Å²) in [6, 6.07) is 5.63. The topological polar surface area (TPSA) is 82.8 Å². The van der Waals surface area contributed by atoms with Crippen LogP contribution in [0.3, 0.4) is 0 Å². The number of primary amides is 1. The minimum Gasteiger partial charge on any atom is -0.489 e. The monoisotopic (exact) mass is 280 g/mol. The van der Waals surface area contributed by atoms with Gasteiger partial charge in [-0.2, -0.15) is 0 Å². The van der Waals surface area contributed by atoms with E-state index in [-0.39, 0.29) is 0 Å². The highest BCUT2D eigenvalue weighted by Crippen LogP contribution is 2.34. The van der Waals surface area contributed by atoms with E-state index in [1.165, 1.54) is 0 Å². The first-order valence-electron chi connectivity index (χ1n) is 6.62. The van der Waals surface area contributed by atoms with E-state index in [0.29, 0.717) is 37.7 Å². The van der Waals surface area contributed by atoms with Gasteiger partial charge >= 0.3 is 0 Å². The van der Waals surface area contributed by atoms with Crippen LogP contribution >= 0.6 is 0 Å². The lowest BCUT2D eigenvalue weighted by atomic mass is 10.2. The highest BCUT2D eigenvalue weighted by Gasteiger charge is 2.24. The van der Waals surface area contributed by atoms with Gasteiger partial charge in [0.05, 0.1) is 13.2 Å². The summed E-state index contributed by atoms with van der Waals surface area (Å²) in [6.45, 7) is 2.47. The number of ether oxygens (including phenoxy) is 3. The Balaban J connectivity index is 2.09. The molecule has 0 saturated carbocycles. The van der Waals surface area contributed by atoms with Crippen LogP contribution in [0, 0.1) is 0 Å². The van der Waals surface area contributed by atoms with Crippen LogP contribution in [0.5, 0.6) is 11.5 Å². The van der Waals surface area contributed by atoms with Gasteiger partial charge < -0.3 is 25.3 Å². The molecule has 20 heavy (non-hydrogen) atoms. The van der Waals surface area contributed by atoms with E-state index >= 15 is 0 Å². The number of nitrogens with one attached hydrogen (secondary N) is 1. The molecule has 0 aliphatic carbocycles. The Bertz CT molecular complexity index is 464. The van der Waals surface area contributed by atoms with E-state index in [4.69, 9.17) is 19.9 Å². The van der Waals surface area contributed by atoms with E-state index in [2.05, 4.69) is 5.32 Å². The third-order valence-electron chi connectivity index (χ3n) is 3.07. The van der Waals surface area contributed by atoms with Crippen molar-refractivity contribution in [1.29, 1.82) is 0 Å². The van der Waals surface area contributed by atoms with Crippen LogP contribution in [-0.4, -0.2) is 38.9 Å². The zero-order chi connectivity index (χ0) is 14.4. The van der Waals surface area contributed by atoms with Crippen molar-refractivity contribution >= 4 is 5.91 Å². The molecule has 1 atom stereocenters. The quantitative estimate of drug-likeness (QED) is 0.739. The van der Waals surface area contributed by atoms with Crippen molar-refractivity contribution in [3.8, 4) is 11.5 Å². The predicted octanol–water partition coefficient (Wildman–Crippen LogP) is 0.438. The van der Waals surface area contributed by atoms with Gasteiger partial charge in [0.25, 0.3) is 5.91 Å². The van der Waals surface area contributed by atoms with Crippen LogP contribution in [0.1, 0.15) is 12.0 Å².